The zero-order chi connectivity index (χ0) is 14.7. The van der Waals surface area contributed by atoms with Gasteiger partial charge in [0.15, 0.2) is 0 Å². The highest BCUT2D eigenvalue weighted by atomic mass is 32.2. The van der Waals surface area contributed by atoms with Crippen molar-refractivity contribution in [3.05, 3.63) is 66.2 Å². The van der Waals surface area contributed by atoms with Crippen molar-refractivity contribution in [2.45, 2.75) is 24.0 Å². The van der Waals surface area contributed by atoms with Crippen LogP contribution in [0.2, 0.25) is 0 Å². The number of carbonyl (C=O) groups excluding carboxylic acids is 1. The van der Waals surface area contributed by atoms with Gasteiger partial charge in [-0.25, -0.2) is 0 Å². The number of para-hydroxylation sites is 1. The maximum absolute atomic E-state index is 12.8. The second-order valence-electron chi connectivity index (χ2n) is 5.95. The molecule has 0 saturated carbocycles. The highest BCUT2D eigenvalue weighted by molar-refractivity contribution is 8.02. The van der Waals surface area contributed by atoms with Crippen molar-refractivity contribution in [2.24, 2.45) is 5.41 Å². The van der Waals surface area contributed by atoms with Gasteiger partial charge >= 0.3 is 0 Å². The Kier molecular flexibility index (Phi) is 2.55. The number of amides is 1. The van der Waals surface area contributed by atoms with Gasteiger partial charge in [-0.15, -0.1) is 11.8 Å². The van der Waals surface area contributed by atoms with Crippen molar-refractivity contribution in [1.82, 2.24) is 0 Å². The van der Waals surface area contributed by atoms with Gasteiger partial charge in [0.05, 0.1) is 5.41 Å². The van der Waals surface area contributed by atoms with E-state index in [4.69, 9.17) is 0 Å². The molecule has 2 saturated heterocycles. The van der Waals surface area contributed by atoms with Crippen LogP contribution in [0.15, 0.2) is 60.7 Å². The molecule has 2 heterocycles. The second kappa shape index (κ2) is 4.14. The van der Waals surface area contributed by atoms with Crippen LogP contribution in [-0.2, 0) is 9.67 Å². The quantitative estimate of drug-likeness (QED) is 0.780. The lowest BCUT2D eigenvalue weighted by molar-refractivity contribution is -0.143. The molecule has 2 fully saturated rings. The van der Waals surface area contributed by atoms with Gasteiger partial charge in [-0.05, 0) is 24.6 Å². The molecule has 1 unspecified atom stereocenters. The molecule has 4 rings (SSSR count). The Bertz CT molecular complexity index is 702. The number of carbonyl (C=O) groups is 1. The van der Waals surface area contributed by atoms with E-state index in [1.54, 1.807) is 0 Å². The average molecular weight is 295 g/mol. The van der Waals surface area contributed by atoms with E-state index in [0.29, 0.717) is 5.25 Å². The van der Waals surface area contributed by atoms with E-state index in [2.05, 4.69) is 38.1 Å². The molecule has 2 aromatic rings. The second-order valence-corrected chi connectivity index (χ2v) is 7.48. The fourth-order valence-electron chi connectivity index (χ4n) is 3.68. The van der Waals surface area contributed by atoms with Crippen molar-refractivity contribution in [3.63, 3.8) is 0 Å². The summed E-state index contributed by atoms with van der Waals surface area (Å²) < 4.78 is 0. The molecule has 0 radical (unpaired) electrons. The third-order valence-electron chi connectivity index (χ3n) is 5.01. The molecule has 2 aliphatic rings. The molecular weight excluding hydrogens is 278 g/mol. The lowest BCUT2D eigenvalue weighted by atomic mass is 9.64. The minimum absolute atomic E-state index is 0.240. The van der Waals surface area contributed by atoms with Crippen LogP contribution in [0.25, 0.3) is 0 Å². The largest absolute Gasteiger partial charge is 0.291 e. The molecule has 0 spiro atoms. The first-order chi connectivity index (χ1) is 10.1. The molecule has 0 aliphatic carbocycles. The summed E-state index contributed by atoms with van der Waals surface area (Å²) in [6, 6.07) is 20.4. The predicted molar refractivity (Wildman–Crippen MR) is 87.2 cm³/mol. The number of hydrogen-bond acceptors (Lipinski definition) is 2. The summed E-state index contributed by atoms with van der Waals surface area (Å²) in [5, 5.41) is 0.352. The molecule has 2 aromatic carbocycles. The standard InChI is InChI=1S/C18H17NOS/c1-13-17(2)16(20)19(15-11-7-4-8-12-15)18(17,21-13)14-9-5-3-6-10-14/h3-13H,1-2H3/t13?,17-,18-/m0/s1. The SMILES string of the molecule is CC1S[C@]2(c3ccccc3)N(c3ccccc3)C(=O)[C@]12C. The lowest BCUT2D eigenvalue weighted by Gasteiger charge is -2.73. The zero-order valence-electron chi connectivity index (χ0n) is 12.1. The topological polar surface area (TPSA) is 20.3 Å². The maximum Gasteiger partial charge on any atom is 0.239 e. The normalized spacial score (nSPS) is 33.9. The number of thioether (sulfide) groups is 1. The molecule has 1 amide bonds. The summed E-state index contributed by atoms with van der Waals surface area (Å²) in [7, 11) is 0. The van der Waals surface area contributed by atoms with Crippen molar-refractivity contribution in [1.29, 1.82) is 0 Å². The first-order valence-corrected chi connectivity index (χ1v) is 8.13. The van der Waals surface area contributed by atoms with Crippen LogP contribution >= 0.6 is 11.8 Å². The van der Waals surface area contributed by atoms with Gasteiger partial charge in [0.25, 0.3) is 0 Å². The Morgan fingerprint density at radius 2 is 1.57 bits per heavy atom. The molecule has 0 aromatic heterocycles. The highest BCUT2D eigenvalue weighted by Gasteiger charge is 2.79. The molecular formula is C18H17NOS. The number of anilines is 1. The van der Waals surface area contributed by atoms with Gasteiger partial charge in [0.1, 0.15) is 4.87 Å². The van der Waals surface area contributed by atoms with E-state index < -0.39 is 0 Å². The van der Waals surface area contributed by atoms with E-state index in [-0.39, 0.29) is 16.2 Å². The third kappa shape index (κ3) is 1.33. The molecule has 0 N–H and O–H groups in total. The molecule has 2 aliphatic heterocycles. The van der Waals surface area contributed by atoms with Gasteiger partial charge in [0.2, 0.25) is 5.91 Å². The van der Waals surface area contributed by atoms with E-state index in [0.717, 1.165) is 5.69 Å². The fraction of sp³-hybridized carbons (Fsp3) is 0.278. The number of hydrogen-bond donors (Lipinski definition) is 0. The summed E-state index contributed by atoms with van der Waals surface area (Å²) in [5.41, 5.74) is 1.91. The summed E-state index contributed by atoms with van der Waals surface area (Å²) >= 11 is 1.89. The van der Waals surface area contributed by atoms with Gasteiger partial charge in [-0.2, -0.15) is 0 Å². The Morgan fingerprint density at radius 3 is 2.14 bits per heavy atom. The third-order valence-corrected chi connectivity index (χ3v) is 7.01. The summed E-state index contributed by atoms with van der Waals surface area (Å²) in [6.45, 7) is 4.27. The Morgan fingerprint density at radius 1 is 1.00 bits per heavy atom. The number of β-lactam (4-membered cyclic amide) rings is 1. The van der Waals surface area contributed by atoms with E-state index >= 15 is 0 Å². The number of rotatable bonds is 2. The summed E-state index contributed by atoms with van der Waals surface area (Å²) in [4.78, 5) is 14.6. The van der Waals surface area contributed by atoms with Gasteiger partial charge in [0, 0.05) is 10.9 Å². The van der Waals surface area contributed by atoms with Crippen LogP contribution in [0.3, 0.4) is 0 Å². The van der Waals surface area contributed by atoms with Crippen LogP contribution < -0.4 is 4.90 Å². The van der Waals surface area contributed by atoms with Crippen molar-refractivity contribution in [2.75, 3.05) is 4.90 Å². The average Bonchev–Trinajstić information content (AvgIpc) is 2.54. The lowest BCUT2D eigenvalue weighted by Crippen LogP contribution is -2.82. The summed E-state index contributed by atoms with van der Waals surface area (Å²) in [6.07, 6.45) is 0. The molecule has 3 atom stereocenters. The fourth-order valence-corrected chi connectivity index (χ4v) is 5.58. The first-order valence-electron chi connectivity index (χ1n) is 7.25. The van der Waals surface area contributed by atoms with E-state index in [1.165, 1.54) is 5.56 Å². The number of nitrogens with zero attached hydrogens (tertiary/aromatic N) is 1. The van der Waals surface area contributed by atoms with Crippen molar-refractivity contribution in [3.8, 4) is 0 Å². The van der Waals surface area contributed by atoms with Crippen molar-refractivity contribution >= 4 is 23.4 Å². The molecule has 21 heavy (non-hydrogen) atoms. The highest BCUT2D eigenvalue weighted by Crippen LogP contribution is 2.75. The smallest absolute Gasteiger partial charge is 0.239 e. The minimum Gasteiger partial charge on any atom is -0.291 e. The van der Waals surface area contributed by atoms with Crippen LogP contribution in [0.1, 0.15) is 19.4 Å². The zero-order valence-corrected chi connectivity index (χ0v) is 12.9. The van der Waals surface area contributed by atoms with E-state index in [1.807, 2.05) is 53.1 Å². The molecule has 106 valence electrons. The van der Waals surface area contributed by atoms with Gasteiger partial charge < -0.3 is 0 Å². The van der Waals surface area contributed by atoms with Crippen LogP contribution in [0.5, 0.6) is 0 Å². The van der Waals surface area contributed by atoms with Crippen LogP contribution in [0, 0.1) is 5.41 Å². The number of fused-ring (bicyclic) bond motifs is 1. The summed E-state index contributed by atoms with van der Waals surface area (Å²) in [5.74, 6) is 0.240. The van der Waals surface area contributed by atoms with Crippen LogP contribution in [0.4, 0.5) is 5.69 Å². The Balaban J connectivity index is 1.88. The van der Waals surface area contributed by atoms with Gasteiger partial charge in [-0.3, -0.25) is 9.69 Å². The minimum atomic E-state index is -0.297. The molecule has 0 bridgehead atoms. The molecule has 3 heteroatoms. The first kappa shape index (κ1) is 13.0. The Hall–Kier alpha value is -1.74. The van der Waals surface area contributed by atoms with E-state index in [9.17, 15) is 4.79 Å². The van der Waals surface area contributed by atoms with Crippen molar-refractivity contribution < 1.29 is 4.79 Å². The monoisotopic (exact) mass is 295 g/mol. The number of benzene rings is 2. The Labute approximate surface area is 129 Å². The predicted octanol–water partition coefficient (Wildman–Crippen LogP) is 4.03. The maximum atomic E-state index is 12.8. The van der Waals surface area contributed by atoms with Crippen LogP contribution in [-0.4, -0.2) is 11.2 Å². The van der Waals surface area contributed by atoms with Gasteiger partial charge in [-0.1, -0.05) is 55.5 Å². The molecule has 2 nitrogen and oxygen atoms in total.